The lowest BCUT2D eigenvalue weighted by Gasteiger charge is -2.12. The number of halogens is 2. The lowest BCUT2D eigenvalue weighted by molar-refractivity contribution is -0.110. The smallest absolute Gasteiger partial charge is 0.202 e. The van der Waals surface area contributed by atoms with Gasteiger partial charge in [0.1, 0.15) is 0 Å². The first-order valence-corrected chi connectivity index (χ1v) is 11.6. The lowest BCUT2D eigenvalue weighted by Crippen LogP contribution is -2.10. The molecule has 0 aliphatic heterocycles. The van der Waals surface area contributed by atoms with Gasteiger partial charge in [-0.3, -0.25) is 14.8 Å². The third-order valence-corrected chi connectivity index (χ3v) is 6.30. The zero-order valence-corrected chi connectivity index (χ0v) is 20.1. The first-order valence-electron chi connectivity index (χ1n) is 9.98. The van der Waals surface area contributed by atoms with Crippen LogP contribution in [0.2, 0.25) is 10.0 Å². The van der Waals surface area contributed by atoms with Crippen molar-refractivity contribution in [2.45, 2.75) is 19.0 Å². The lowest BCUT2D eigenvalue weighted by atomic mass is 10.2. The fraction of sp³-hybridized carbons (Fsp3) is 0.0833. The first-order chi connectivity index (χ1) is 15.9. The summed E-state index contributed by atoms with van der Waals surface area (Å²) in [5.74, 6) is 0.329. The molecule has 0 aliphatic rings. The highest BCUT2D eigenvalue weighted by atomic mass is 35.5. The van der Waals surface area contributed by atoms with Crippen LogP contribution in [-0.2, 0) is 4.79 Å². The van der Waals surface area contributed by atoms with Gasteiger partial charge in [-0.05, 0) is 60.6 Å². The SMILES string of the molecule is CC(=O)C(=NNc1ccccc1C)Sc1nnc(-c2ccc(Cl)cc2Cl)n1-c1ccccc1. The number of Topliss-reactive ketones (excluding diaryl/α,β-unsaturated/α-hetero) is 1. The minimum absolute atomic E-state index is 0.199. The number of nitrogens with one attached hydrogen (secondary N) is 1. The molecule has 0 fully saturated rings. The molecule has 1 heterocycles. The van der Waals surface area contributed by atoms with Crippen molar-refractivity contribution in [1.82, 2.24) is 14.8 Å². The molecule has 1 N–H and O–H groups in total. The van der Waals surface area contributed by atoms with Crippen molar-refractivity contribution < 1.29 is 4.79 Å². The van der Waals surface area contributed by atoms with E-state index in [2.05, 4.69) is 20.7 Å². The predicted octanol–water partition coefficient (Wildman–Crippen LogP) is 6.66. The molecule has 0 saturated carbocycles. The molecule has 3 aromatic carbocycles. The number of carbonyl (C=O) groups is 1. The van der Waals surface area contributed by atoms with Gasteiger partial charge < -0.3 is 0 Å². The molecule has 0 radical (unpaired) electrons. The number of nitrogens with zero attached hydrogens (tertiary/aromatic N) is 4. The summed E-state index contributed by atoms with van der Waals surface area (Å²) in [7, 11) is 0. The van der Waals surface area contributed by atoms with Crippen LogP contribution in [0.3, 0.4) is 0 Å². The van der Waals surface area contributed by atoms with Crippen molar-refractivity contribution in [3.05, 3.63) is 88.4 Å². The zero-order valence-electron chi connectivity index (χ0n) is 17.8. The number of hydrogen-bond acceptors (Lipinski definition) is 6. The van der Waals surface area contributed by atoms with Crippen molar-refractivity contribution in [1.29, 1.82) is 0 Å². The van der Waals surface area contributed by atoms with E-state index in [4.69, 9.17) is 23.2 Å². The van der Waals surface area contributed by atoms with E-state index in [1.165, 1.54) is 6.92 Å². The third-order valence-electron chi connectivity index (χ3n) is 4.73. The van der Waals surface area contributed by atoms with Crippen molar-refractivity contribution in [3.8, 4) is 17.1 Å². The maximum absolute atomic E-state index is 12.4. The Morgan fingerprint density at radius 1 is 1.00 bits per heavy atom. The van der Waals surface area contributed by atoms with Gasteiger partial charge in [0.25, 0.3) is 0 Å². The van der Waals surface area contributed by atoms with Crippen LogP contribution in [0.5, 0.6) is 0 Å². The monoisotopic (exact) mass is 495 g/mol. The Balaban J connectivity index is 1.77. The van der Waals surface area contributed by atoms with E-state index in [1.54, 1.807) is 18.2 Å². The van der Waals surface area contributed by atoms with E-state index in [0.29, 0.717) is 26.6 Å². The summed E-state index contributed by atoms with van der Waals surface area (Å²) in [4.78, 5) is 12.4. The van der Waals surface area contributed by atoms with Crippen molar-refractivity contribution in [3.63, 3.8) is 0 Å². The molecule has 0 atom stereocenters. The summed E-state index contributed by atoms with van der Waals surface area (Å²) < 4.78 is 1.84. The van der Waals surface area contributed by atoms with Crippen LogP contribution < -0.4 is 5.43 Å². The fourth-order valence-corrected chi connectivity index (χ4v) is 4.33. The third kappa shape index (κ3) is 5.27. The van der Waals surface area contributed by atoms with Crippen LogP contribution in [0, 0.1) is 6.92 Å². The van der Waals surface area contributed by atoms with Crippen molar-refractivity contribution >= 4 is 51.5 Å². The van der Waals surface area contributed by atoms with Gasteiger partial charge in [0.15, 0.2) is 16.7 Å². The van der Waals surface area contributed by atoms with Gasteiger partial charge >= 0.3 is 0 Å². The van der Waals surface area contributed by atoms with Gasteiger partial charge in [0, 0.05) is 23.2 Å². The average molecular weight is 496 g/mol. The normalized spacial score (nSPS) is 11.5. The predicted molar refractivity (Wildman–Crippen MR) is 136 cm³/mol. The van der Waals surface area contributed by atoms with E-state index in [9.17, 15) is 4.79 Å². The number of carbonyl (C=O) groups excluding carboxylic acids is 1. The molecule has 0 saturated heterocycles. The molecule has 6 nitrogen and oxygen atoms in total. The van der Waals surface area contributed by atoms with E-state index >= 15 is 0 Å². The van der Waals surface area contributed by atoms with Gasteiger partial charge in [-0.25, -0.2) is 0 Å². The Labute approximate surface area is 205 Å². The standard InChI is InChI=1S/C24H19Cl2N5OS/c1-15-8-6-7-11-21(15)27-29-23(16(2)32)33-24-30-28-22(19-13-12-17(25)14-20(19)26)31(24)18-9-4-3-5-10-18/h3-14,27H,1-2H3. The molecule has 1 aromatic heterocycles. The largest absolute Gasteiger partial charge is 0.292 e. The number of para-hydroxylation sites is 2. The van der Waals surface area contributed by atoms with Crippen molar-refractivity contribution in [2.24, 2.45) is 5.10 Å². The summed E-state index contributed by atoms with van der Waals surface area (Å²) in [6, 6.07) is 22.5. The molecule has 0 bridgehead atoms. The highest BCUT2D eigenvalue weighted by Crippen LogP contribution is 2.34. The Kier molecular flexibility index (Phi) is 7.13. The van der Waals surface area contributed by atoms with Crippen LogP contribution in [-0.4, -0.2) is 25.6 Å². The van der Waals surface area contributed by atoms with Crippen LogP contribution in [0.15, 0.2) is 83.1 Å². The number of ketones is 1. The van der Waals surface area contributed by atoms with Gasteiger partial charge in [-0.2, -0.15) is 5.10 Å². The number of benzene rings is 3. The first kappa shape index (κ1) is 23.0. The topological polar surface area (TPSA) is 72.2 Å². The summed E-state index contributed by atoms with van der Waals surface area (Å²) in [6.07, 6.45) is 0. The number of hydrazone groups is 1. The molecule has 0 unspecified atom stereocenters. The van der Waals surface area contributed by atoms with Gasteiger partial charge in [0.05, 0.1) is 10.7 Å². The fourth-order valence-electron chi connectivity index (χ4n) is 3.06. The van der Waals surface area contributed by atoms with Crippen molar-refractivity contribution in [2.75, 3.05) is 5.43 Å². The van der Waals surface area contributed by atoms with Gasteiger partial charge in [-0.1, -0.05) is 59.6 Å². The second-order valence-electron chi connectivity index (χ2n) is 7.10. The molecule has 4 rings (SSSR count). The second-order valence-corrected chi connectivity index (χ2v) is 8.90. The minimum atomic E-state index is -0.199. The molecule has 4 aromatic rings. The van der Waals surface area contributed by atoms with E-state index in [-0.39, 0.29) is 10.8 Å². The van der Waals surface area contributed by atoms with E-state index in [1.807, 2.05) is 66.1 Å². The molecule has 33 heavy (non-hydrogen) atoms. The van der Waals surface area contributed by atoms with Crippen LogP contribution in [0.1, 0.15) is 12.5 Å². The molecular formula is C24H19Cl2N5OS. The van der Waals surface area contributed by atoms with E-state index in [0.717, 1.165) is 28.7 Å². The quantitative estimate of drug-likeness (QED) is 0.140. The minimum Gasteiger partial charge on any atom is -0.292 e. The number of hydrogen-bond donors (Lipinski definition) is 1. The van der Waals surface area contributed by atoms with Gasteiger partial charge in [0.2, 0.25) is 5.16 Å². The number of thioether (sulfide) groups is 1. The molecular weight excluding hydrogens is 477 g/mol. The maximum Gasteiger partial charge on any atom is 0.202 e. The molecule has 0 spiro atoms. The molecule has 9 heteroatoms. The van der Waals surface area contributed by atoms with Crippen LogP contribution in [0.4, 0.5) is 5.69 Å². The Morgan fingerprint density at radius 3 is 2.42 bits per heavy atom. The van der Waals surface area contributed by atoms with E-state index < -0.39 is 0 Å². The Hall–Kier alpha value is -3.13. The van der Waals surface area contributed by atoms with Crippen LogP contribution >= 0.6 is 35.0 Å². The highest BCUT2D eigenvalue weighted by molar-refractivity contribution is 8.15. The van der Waals surface area contributed by atoms with Gasteiger partial charge in [-0.15, -0.1) is 10.2 Å². The molecule has 166 valence electrons. The summed E-state index contributed by atoms with van der Waals surface area (Å²) in [5.41, 5.74) is 6.30. The average Bonchev–Trinajstić information content (AvgIpc) is 3.21. The summed E-state index contributed by atoms with van der Waals surface area (Å²) >= 11 is 13.7. The van der Waals surface area contributed by atoms with Crippen LogP contribution in [0.25, 0.3) is 17.1 Å². The number of aryl methyl sites for hydroxylation is 1. The summed E-state index contributed by atoms with van der Waals surface area (Å²) in [5, 5.41) is 14.8. The number of aromatic nitrogens is 3. The number of anilines is 1. The molecule has 0 aliphatic carbocycles. The second kappa shape index (κ2) is 10.2. The highest BCUT2D eigenvalue weighted by Gasteiger charge is 2.21. The maximum atomic E-state index is 12.4. The Bertz CT molecular complexity index is 1340. The zero-order chi connectivity index (χ0) is 23.4. The summed E-state index contributed by atoms with van der Waals surface area (Å²) in [6.45, 7) is 3.43. The Morgan fingerprint density at radius 2 is 1.73 bits per heavy atom. The molecule has 0 amide bonds. The number of rotatable bonds is 6.